The van der Waals surface area contributed by atoms with E-state index in [1.807, 2.05) is 0 Å². The maximum atomic E-state index is 12.8. The van der Waals surface area contributed by atoms with Crippen LogP contribution in [0.1, 0.15) is 11.7 Å². The summed E-state index contributed by atoms with van der Waals surface area (Å²) in [5, 5.41) is 16.0. The van der Waals surface area contributed by atoms with Crippen molar-refractivity contribution in [2.24, 2.45) is 0 Å². The first kappa shape index (κ1) is 27.7. The highest BCUT2D eigenvalue weighted by Gasteiger charge is 2.29. The van der Waals surface area contributed by atoms with Crippen LogP contribution >= 0.6 is 47.8 Å². The lowest BCUT2D eigenvalue weighted by atomic mass is 10.0. The molecule has 36 heavy (non-hydrogen) atoms. The molecule has 0 unspecified atom stereocenters. The van der Waals surface area contributed by atoms with E-state index in [4.69, 9.17) is 15.2 Å². The first-order valence-electron chi connectivity index (χ1n) is 10.5. The van der Waals surface area contributed by atoms with E-state index in [1.54, 1.807) is 60.7 Å². The van der Waals surface area contributed by atoms with Gasteiger partial charge >= 0.3 is 6.09 Å². The fourth-order valence-corrected chi connectivity index (χ4v) is 4.70. The number of rotatable bonds is 8. The summed E-state index contributed by atoms with van der Waals surface area (Å²) in [7, 11) is 1.40. The van der Waals surface area contributed by atoms with Crippen LogP contribution < -0.4 is 16.4 Å². The smallest absolute Gasteiger partial charge is 0.412 e. The van der Waals surface area contributed by atoms with Crippen LogP contribution in [0.15, 0.2) is 86.2 Å². The van der Waals surface area contributed by atoms with Crippen LogP contribution in [0.4, 0.5) is 21.9 Å². The van der Waals surface area contributed by atoms with Crippen molar-refractivity contribution < 1.29 is 24.2 Å². The molecule has 0 fully saturated rings. The Kier molecular flexibility index (Phi) is 9.94. The quantitative estimate of drug-likeness (QED) is 0.154. The van der Waals surface area contributed by atoms with Crippen LogP contribution in [0.2, 0.25) is 0 Å². The molecule has 3 aromatic rings. The molecule has 3 aromatic carbocycles. The van der Waals surface area contributed by atoms with Crippen LogP contribution in [0.25, 0.3) is 0 Å². The zero-order valence-electron chi connectivity index (χ0n) is 18.9. The van der Waals surface area contributed by atoms with Crippen LogP contribution in [-0.2, 0) is 14.3 Å². The van der Waals surface area contributed by atoms with Crippen LogP contribution in [-0.4, -0.2) is 30.3 Å². The van der Waals surface area contributed by atoms with Crippen LogP contribution in [0, 0.1) is 0 Å². The van der Waals surface area contributed by atoms with Gasteiger partial charge in [0.1, 0.15) is 11.9 Å². The summed E-state index contributed by atoms with van der Waals surface area (Å²) in [6.45, 7) is 0. The number of halogens is 3. The van der Waals surface area contributed by atoms with E-state index in [1.165, 1.54) is 19.3 Å². The van der Waals surface area contributed by atoms with Crippen molar-refractivity contribution in [3.63, 3.8) is 0 Å². The number of methoxy groups -OCH3 is 1. The zero-order valence-corrected chi connectivity index (χ0v) is 23.6. The highest BCUT2D eigenvalue weighted by molar-refractivity contribution is 9.11. The van der Waals surface area contributed by atoms with Crippen LogP contribution in [0.5, 0.6) is 5.75 Å². The van der Waals surface area contributed by atoms with Crippen molar-refractivity contribution in [3.8, 4) is 5.75 Å². The predicted molar refractivity (Wildman–Crippen MR) is 150 cm³/mol. The molecule has 3 rings (SSSR count). The fraction of sp³-hybridized carbons (Fsp3) is 0.120. The van der Waals surface area contributed by atoms with Crippen molar-refractivity contribution in [2.75, 3.05) is 23.5 Å². The Morgan fingerprint density at radius 1 is 1.00 bits per heavy atom. The molecule has 0 aliphatic heterocycles. The van der Waals surface area contributed by atoms with E-state index in [0.717, 1.165) is 4.47 Å². The lowest BCUT2D eigenvalue weighted by Crippen LogP contribution is -2.27. The molecule has 0 radical (unpaired) electrons. The van der Waals surface area contributed by atoms with E-state index < -0.39 is 24.2 Å². The zero-order chi connectivity index (χ0) is 26.2. The summed E-state index contributed by atoms with van der Waals surface area (Å²) in [5.74, 6) is -0.607. The molecule has 2 atom stereocenters. The van der Waals surface area contributed by atoms with Gasteiger partial charge < -0.3 is 25.6 Å². The number of benzene rings is 3. The fourth-order valence-electron chi connectivity index (χ4n) is 3.18. The second-order valence-electron chi connectivity index (χ2n) is 7.42. The van der Waals surface area contributed by atoms with Gasteiger partial charge in [-0.2, -0.15) is 0 Å². The maximum Gasteiger partial charge on any atom is 0.412 e. The molecule has 0 saturated heterocycles. The standard InChI is InChI=1S/C25H22Br3N3O5/c1-35-21(10-11-22(32)31-20-5-3-2-4-19(20)29)24(17-12-15(27)13-18(28)23(17)33)36-25(34)30-16-8-6-14(26)7-9-16/h2-13,21,24,33H,29H2,1H3,(H,30,34)(H,31,32)/b11-10+/t21-,24-/m0/s1. The van der Waals surface area contributed by atoms with Gasteiger partial charge in [-0.25, -0.2) is 4.79 Å². The summed E-state index contributed by atoms with van der Waals surface area (Å²) in [6.07, 6.45) is -0.167. The van der Waals surface area contributed by atoms with Gasteiger partial charge in [-0.3, -0.25) is 10.1 Å². The van der Waals surface area contributed by atoms with Gasteiger partial charge in [-0.1, -0.05) is 44.0 Å². The molecule has 8 nitrogen and oxygen atoms in total. The third kappa shape index (κ3) is 7.57. The molecular formula is C25H22Br3N3O5. The average Bonchev–Trinajstić information content (AvgIpc) is 2.84. The van der Waals surface area contributed by atoms with Crippen molar-refractivity contribution in [3.05, 3.63) is 91.8 Å². The Morgan fingerprint density at radius 3 is 2.36 bits per heavy atom. The molecule has 0 aliphatic carbocycles. The van der Waals surface area contributed by atoms with Gasteiger partial charge in [0.15, 0.2) is 6.10 Å². The molecule has 0 heterocycles. The number of carbonyl (C=O) groups excluding carboxylic acids is 2. The Hall–Kier alpha value is -2.86. The minimum absolute atomic E-state index is 0.142. The van der Waals surface area contributed by atoms with E-state index >= 15 is 0 Å². The van der Waals surface area contributed by atoms with Gasteiger partial charge in [0.2, 0.25) is 5.91 Å². The van der Waals surface area contributed by atoms with Gasteiger partial charge in [0, 0.05) is 33.4 Å². The molecule has 0 saturated carbocycles. The Morgan fingerprint density at radius 2 is 1.69 bits per heavy atom. The number of aromatic hydroxyl groups is 1. The minimum atomic E-state index is -1.12. The number of para-hydroxylation sites is 2. The molecule has 11 heteroatoms. The monoisotopic (exact) mass is 681 g/mol. The number of carbonyl (C=O) groups is 2. The second-order valence-corrected chi connectivity index (χ2v) is 10.1. The minimum Gasteiger partial charge on any atom is -0.506 e. The third-order valence-electron chi connectivity index (χ3n) is 4.92. The number of hydrogen-bond donors (Lipinski definition) is 4. The number of phenolic OH excluding ortho intramolecular Hbond substituents is 1. The van der Waals surface area contributed by atoms with Gasteiger partial charge in [0.05, 0.1) is 15.8 Å². The molecule has 0 bridgehead atoms. The summed E-state index contributed by atoms with van der Waals surface area (Å²) in [5.41, 5.74) is 7.51. The van der Waals surface area contributed by atoms with E-state index in [2.05, 4.69) is 58.4 Å². The SMILES string of the molecule is CO[C@@H](/C=C/C(=O)Nc1ccccc1N)[C@@H](OC(=O)Nc1ccc(Br)cc1)c1cc(Br)cc(Br)c1O. The van der Waals surface area contributed by atoms with Crippen LogP contribution in [0.3, 0.4) is 0 Å². The van der Waals surface area contributed by atoms with Gasteiger partial charge in [0.25, 0.3) is 0 Å². The van der Waals surface area contributed by atoms with Crippen molar-refractivity contribution in [1.29, 1.82) is 0 Å². The van der Waals surface area contributed by atoms with E-state index in [-0.39, 0.29) is 11.3 Å². The molecular weight excluding hydrogens is 662 g/mol. The van der Waals surface area contributed by atoms with Gasteiger partial charge in [-0.05, 0) is 70.5 Å². The summed E-state index contributed by atoms with van der Waals surface area (Å²) in [4.78, 5) is 25.3. The maximum absolute atomic E-state index is 12.8. The highest BCUT2D eigenvalue weighted by Crippen LogP contribution is 2.39. The normalized spacial score (nSPS) is 12.7. The molecule has 5 N–H and O–H groups in total. The third-order valence-corrected chi connectivity index (χ3v) is 6.51. The second kappa shape index (κ2) is 12.9. The number of phenols is 1. The number of anilines is 3. The molecule has 188 valence electrons. The number of nitrogens with two attached hydrogens (primary N) is 1. The summed E-state index contributed by atoms with van der Waals surface area (Å²) >= 11 is 10.0. The van der Waals surface area contributed by atoms with E-state index in [0.29, 0.717) is 26.0 Å². The number of hydrogen-bond acceptors (Lipinski definition) is 6. The summed E-state index contributed by atoms with van der Waals surface area (Å²) < 4.78 is 13.1. The van der Waals surface area contributed by atoms with Gasteiger partial charge in [-0.15, -0.1) is 0 Å². The topological polar surface area (TPSA) is 123 Å². The Labute approximate surface area is 233 Å². The first-order valence-corrected chi connectivity index (χ1v) is 12.8. The Balaban J connectivity index is 1.87. The number of amides is 2. The molecule has 0 spiro atoms. The lowest BCUT2D eigenvalue weighted by Gasteiger charge is -2.25. The van der Waals surface area contributed by atoms with Crippen molar-refractivity contribution in [2.45, 2.75) is 12.2 Å². The average molecular weight is 684 g/mol. The number of nitrogen functional groups attached to an aromatic ring is 1. The van der Waals surface area contributed by atoms with E-state index in [9.17, 15) is 14.7 Å². The number of ether oxygens (including phenoxy) is 2. The van der Waals surface area contributed by atoms with Crippen molar-refractivity contribution in [1.82, 2.24) is 0 Å². The molecule has 2 amide bonds. The molecule has 0 aliphatic rings. The largest absolute Gasteiger partial charge is 0.506 e. The number of nitrogens with one attached hydrogen (secondary N) is 2. The summed E-state index contributed by atoms with van der Waals surface area (Å²) in [6, 6.07) is 17.0. The predicted octanol–water partition coefficient (Wildman–Crippen LogP) is 6.76. The molecule has 0 aromatic heterocycles. The highest BCUT2D eigenvalue weighted by atomic mass is 79.9. The van der Waals surface area contributed by atoms with Crippen molar-refractivity contribution >= 4 is 76.9 Å². The Bertz CT molecular complexity index is 1270. The first-order chi connectivity index (χ1) is 17.2. The lowest BCUT2D eigenvalue weighted by molar-refractivity contribution is -0.112.